The third-order valence-electron chi connectivity index (χ3n) is 2.09. The van der Waals surface area contributed by atoms with Crippen LogP contribution in [-0.2, 0) is 16.0 Å². The van der Waals surface area contributed by atoms with Crippen molar-refractivity contribution in [3.8, 4) is 0 Å². The van der Waals surface area contributed by atoms with Crippen molar-refractivity contribution in [3.05, 3.63) is 32.0 Å². The molecule has 0 radical (unpaired) electrons. The van der Waals surface area contributed by atoms with Crippen molar-refractivity contribution in [1.82, 2.24) is 4.98 Å². The number of nitrogens with zero attached hydrogens (tertiary/aromatic N) is 2. The number of esters is 1. The maximum absolute atomic E-state index is 12.7. The van der Waals surface area contributed by atoms with Crippen LogP contribution in [0.4, 0.5) is 14.5 Å². The van der Waals surface area contributed by atoms with Crippen LogP contribution < -0.4 is 0 Å². The largest absolute Gasteiger partial charge is 0.466 e. The van der Waals surface area contributed by atoms with Crippen LogP contribution in [0, 0.1) is 10.1 Å². The first-order valence-electron chi connectivity index (χ1n) is 5.14. The summed E-state index contributed by atoms with van der Waals surface area (Å²) in [5.74, 6) is -0.638. The zero-order chi connectivity index (χ0) is 14.6. The van der Waals surface area contributed by atoms with Crippen LogP contribution >= 0.6 is 15.9 Å². The summed E-state index contributed by atoms with van der Waals surface area (Å²) in [7, 11) is 0. The van der Waals surface area contributed by atoms with E-state index in [0.717, 1.165) is 6.07 Å². The third-order valence-corrected chi connectivity index (χ3v) is 2.69. The van der Waals surface area contributed by atoms with Gasteiger partial charge < -0.3 is 4.74 Å². The molecule has 0 atom stereocenters. The highest BCUT2D eigenvalue weighted by Gasteiger charge is 2.27. The van der Waals surface area contributed by atoms with Gasteiger partial charge in [0.05, 0.1) is 23.6 Å². The van der Waals surface area contributed by atoms with E-state index in [1.54, 1.807) is 6.92 Å². The Morgan fingerprint density at radius 3 is 2.74 bits per heavy atom. The number of carbonyl (C=O) groups excluding carboxylic acids is 1. The number of hydrogen-bond acceptors (Lipinski definition) is 5. The average molecular weight is 339 g/mol. The molecule has 0 saturated carbocycles. The van der Waals surface area contributed by atoms with E-state index in [0.29, 0.717) is 0 Å². The van der Waals surface area contributed by atoms with E-state index in [9.17, 15) is 23.7 Å². The van der Waals surface area contributed by atoms with E-state index in [1.165, 1.54) is 0 Å². The number of aromatic nitrogens is 1. The second-order valence-corrected chi connectivity index (χ2v) is 4.13. The number of ether oxygens (including phenoxy) is 1. The van der Waals surface area contributed by atoms with E-state index in [4.69, 9.17) is 0 Å². The third kappa shape index (κ3) is 3.91. The first-order valence-corrected chi connectivity index (χ1v) is 5.93. The van der Waals surface area contributed by atoms with Gasteiger partial charge in [0.1, 0.15) is 10.2 Å². The van der Waals surface area contributed by atoms with Crippen molar-refractivity contribution in [3.63, 3.8) is 0 Å². The van der Waals surface area contributed by atoms with Crippen LogP contribution in [-0.4, -0.2) is 22.5 Å². The molecule has 0 spiro atoms. The second-order valence-electron chi connectivity index (χ2n) is 3.38. The highest BCUT2D eigenvalue weighted by atomic mass is 79.9. The van der Waals surface area contributed by atoms with Gasteiger partial charge in [-0.3, -0.25) is 14.9 Å². The van der Waals surface area contributed by atoms with Gasteiger partial charge in [0.2, 0.25) is 0 Å². The van der Waals surface area contributed by atoms with Gasteiger partial charge in [-0.25, -0.2) is 13.8 Å². The number of carbonyl (C=O) groups is 1. The molecular weight excluding hydrogens is 330 g/mol. The van der Waals surface area contributed by atoms with E-state index < -0.39 is 28.6 Å². The van der Waals surface area contributed by atoms with Gasteiger partial charge in [-0.1, -0.05) is 0 Å². The molecule has 0 unspecified atom stereocenters. The Kier molecular flexibility index (Phi) is 5.28. The molecular formula is C10H9BrF2N2O4. The SMILES string of the molecule is CCOC(=O)Cc1cc([N+](=O)[O-])c(C(F)F)c(Br)n1. The summed E-state index contributed by atoms with van der Waals surface area (Å²) in [6.45, 7) is 1.75. The summed E-state index contributed by atoms with van der Waals surface area (Å²) >= 11 is 2.75. The molecule has 0 aliphatic rings. The minimum absolute atomic E-state index is 0.0126. The van der Waals surface area contributed by atoms with Crippen molar-refractivity contribution >= 4 is 27.6 Å². The highest BCUT2D eigenvalue weighted by molar-refractivity contribution is 9.10. The zero-order valence-electron chi connectivity index (χ0n) is 9.73. The molecule has 6 nitrogen and oxygen atoms in total. The molecule has 0 N–H and O–H groups in total. The number of pyridine rings is 1. The molecule has 9 heteroatoms. The zero-order valence-corrected chi connectivity index (χ0v) is 11.3. The molecule has 19 heavy (non-hydrogen) atoms. The van der Waals surface area contributed by atoms with Crippen LogP contribution in [0.2, 0.25) is 0 Å². The summed E-state index contributed by atoms with van der Waals surface area (Å²) in [6.07, 6.45) is -3.37. The molecule has 0 bridgehead atoms. The van der Waals surface area contributed by atoms with Gasteiger partial charge >= 0.3 is 5.97 Å². The number of hydrogen-bond donors (Lipinski definition) is 0. The first-order chi connectivity index (χ1) is 8.86. The summed E-state index contributed by atoms with van der Waals surface area (Å²) in [6, 6.07) is 0.850. The Morgan fingerprint density at radius 1 is 1.63 bits per heavy atom. The maximum atomic E-state index is 12.7. The second kappa shape index (κ2) is 6.50. The summed E-state index contributed by atoms with van der Waals surface area (Å²) in [4.78, 5) is 24.7. The Bertz CT molecular complexity index is 511. The summed E-state index contributed by atoms with van der Waals surface area (Å²) in [5, 5.41) is 10.7. The lowest BCUT2D eigenvalue weighted by Gasteiger charge is -2.07. The normalized spacial score (nSPS) is 10.6. The molecule has 0 aliphatic carbocycles. The van der Waals surface area contributed by atoms with Gasteiger partial charge in [0.15, 0.2) is 0 Å². The lowest BCUT2D eigenvalue weighted by atomic mass is 10.2. The lowest BCUT2D eigenvalue weighted by Crippen LogP contribution is -2.10. The van der Waals surface area contributed by atoms with Gasteiger partial charge in [-0.05, 0) is 22.9 Å². The van der Waals surface area contributed by atoms with Crippen LogP contribution in [0.5, 0.6) is 0 Å². The van der Waals surface area contributed by atoms with E-state index >= 15 is 0 Å². The molecule has 1 aromatic heterocycles. The minimum atomic E-state index is -3.04. The predicted octanol–water partition coefficient (Wildman–Crippen LogP) is 2.80. The smallest absolute Gasteiger partial charge is 0.311 e. The van der Waals surface area contributed by atoms with Crippen LogP contribution in [0.3, 0.4) is 0 Å². The van der Waals surface area contributed by atoms with Crippen molar-refractivity contribution in [1.29, 1.82) is 0 Å². The molecule has 0 amide bonds. The number of rotatable bonds is 5. The number of halogens is 3. The maximum Gasteiger partial charge on any atom is 0.311 e. The van der Waals surface area contributed by atoms with Crippen molar-refractivity contribution in [2.45, 2.75) is 19.8 Å². The van der Waals surface area contributed by atoms with Crippen LogP contribution in [0.15, 0.2) is 10.7 Å². The van der Waals surface area contributed by atoms with Gasteiger partial charge in [-0.2, -0.15) is 0 Å². The molecule has 1 heterocycles. The summed E-state index contributed by atoms with van der Waals surface area (Å²) < 4.78 is 29.7. The van der Waals surface area contributed by atoms with E-state index in [1.807, 2.05) is 0 Å². The van der Waals surface area contributed by atoms with Gasteiger partial charge in [0, 0.05) is 6.07 Å². The quantitative estimate of drug-likeness (QED) is 0.357. The fraction of sp³-hybridized carbons (Fsp3) is 0.400. The predicted molar refractivity (Wildman–Crippen MR) is 63.9 cm³/mol. The van der Waals surface area contributed by atoms with Crippen molar-refractivity contribution in [2.24, 2.45) is 0 Å². The Morgan fingerprint density at radius 2 is 2.26 bits per heavy atom. The van der Waals surface area contributed by atoms with Gasteiger partial charge in [-0.15, -0.1) is 0 Å². The first kappa shape index (κ1) is 15.4. The Labute approximate surface area is 115 Å². The Hall–Kier alpha value is -1.64. The topological polar surface area (TPSA) is 82.3 Å². The molecule has 104 valence electrons. The number of alkyl halides is 2. The molecule has 1 aromatic rings. The van der Waals surface area contributed by atoms with E-state index in [-0.39, 0.29) is 23.3 Å². The molecule has 1 rings (SSSR count). The monoisotopic (exact) mass is 338 g/mol. The average Bonchev–Trinajstić information content (AvgIpc) is 2.27. The summed E-state index contributed by atoms with van der Waals surface area (Å²) in [5.41, 5.74) is -1.60. The molecule has 0 saturated heterocycles. The van der Waals surface area contributed by atoms with Crippen LogP contribution in [0.1, 0.15) is 24.6 Å². The van der Waals surface area contributed by atoms with Crippen molar-refractivity contribution in [2.75, 3.05) is 6.61 Å². The van der Waals surface area contributed by atoms with Crippen LogP contribution in [0.25, 0.3) is 0 Å². The molecule has 0 fully saturated rings. The number of nitro groups is 1. The van der Waals surface area contributed by atoms with E-state index in [2.05, 4.69) is 25.7 Å². The molecule has 0 aliphatic heterocycles. The fourth-order valence-corrected chi connectivity index (χ4v) is 1.97. The lowest BCUT2D eigenvalue weighted by molar-refractivity contribution is -0.386. The highest BCUT2D eigenvalue weighted by Crippen LogP contribution is 2.34. The van der Waals surface area contributed by atoms with Gasteiger partial charge in [0.25, 0.3) is 12.1 Å². The fourth-order valence-electron chi connectivity index (χ4n) is 1.36. The standard InChI is InChI=1S/C10H9BrF2N2O4/c1-2-19-7(16)4-5-3-6(15(17)18)8(10(12)13)9(11)14-5/h3,10H,2,4H2,1H3. The van der Waals surface area contributed by atoms with Crippen molar-refractivity contribution < 1.29 is 23.2 Å². The molecule has 0 aromatic carbocycles. The Balaban J connectivity index is 3.17. The minimum Gasteiger partial charge on any atom is -0.466 e.